The van der Waals surface area contributed by atoms with Crippen molar-refractivity contribution in [3.05, 3.63) is 59.7 Å². The van der Waals surface area contributed by atoms with Gasteiger partial charge in [0.2, 0.25) is 5.91 Å². The van der Waals surface area contributed by atoms with Crippen molar-refractivity contribution in [3.63, 3.8) is 0 Å². The molecule has 5 nitrogen and oxygen atoms in total. The maximum Gasteiger partial charge on any atom is 0.232 e. The van der Waals surface area contributed by atoms with Gasteiger partial charge in [0.15, 0.2) is 0 Å². The van der Waals surface area contributed by atoms with Gasteiger partial charge < -0.3 is 14.8 Å². The predicted molar refractivity (Wildman–Crippen MR) is 111 cm³/mol. The molecule has 3 heterocycles. The fourth-order valence-corrected chi connectivity index (χ4v) is 4.87. The average molecular weight is 392 g/mol. The molecule has 5 heteroatoms. The highest BCUT2D eigenvalue weighted by molar-refractivity contribution is 5.89. The van der Waals surface area contributed by atoms with Crippen molar-refractivity contribution in [2.45, 2.75) is 31.2 Å². The first-order valence-corrected chi connectivity index (χ1v) is 10.7. The third-order valence-electron chi connectivity index (χ3n) is 6.58. The minimum atomic E-state index is -0.313. The van der Waals surface area contributed by atoms with Crippen molar-refractivity contribution in [1.29, 1.82) is 0 Å². The highest BCUT2D eigenvalue weighted by Gasteiger charge is 2.33. The molecule has 3 aliphatic heterocycles. The van der Waals surface area contributed by atoms with E-state index in [-0.39, 0.29) is 11.8 Å². The van der Waals surface area contributed by atoms with Gasteiger partial charge in [-0.25, -0.2) is 0 Å². The van der Waals surface area contributed by atoms with Gasteiger partial charge in [0.05, 0.1) is 12.5 Å². The second-order valence-electron chi connectivity index (χ2n) is 8.35. The van der Waals surface area contributed by atoms with E-state index in [0.29, 0.717) is 12.0 Å². The number of nitrogens with one attached hydrogen (secondary N) is 1. The molecule has 0 radical (unpaired) electrons. The zero-order chi connectivity index (χ0) is 19.6. The highest BCUT2D eigenvalue weighted by Crippen LogP contribution is 2.43. The Bertz CT molecular complexity index is 824. The number of ether oxygens (including phenoxy) is 2. The number of para-hydroxylation sites is 2. The minimum absolute atomic E-state index is 0.0693. The minimum Gasteiger partial charge on any atom is -0.457 e. The van der Waals surface area contributed by atoms with Crippen LogP contribution in [0.15, 0.2) is 48.5 Å². The first kappa shape index (κ1) is 18.6. The molecule has 152 valence electrons. The standard InChI is InChI=1S/C24H28N2O3/c27-24(25-15-17-9-12-26(13-10-17)18-11-14-28-16-18)23-19-5-1-3-7-21(19)29-22-8-4-2-6-20(22)23/h1-8,17-18,23H,9-16H2,(H,25,27). The maximum atomic E-state index is 13.2. The number of nitrogens with zero attached hydrogens (tertiary/aromatic N) is 1. The first-order valence-electron chi connectivity index (χ1n) is 10.7. The Morgan fingerprint density at radius 2 is 1.62 bits per heavy atom. The van der Waals surface area contributed by atoms with Crippen LogP contribution in [0.5, 0.6) is 11.5 Å². The van der Waals surface area contributed by atoms with Crippen molar-refractivity contribution in [1.82, 2.24) is 10.2 Å². The molecule has 1 N–H and O–H groups in total. The van der Waals surface area contributed by atoms with Crippen LogP contribution in [0.2, 0.25) is 0 Å². The zero-order valence-corrected chi connectivity index (χ0v) is 16.7. The molecular formula is C24H28N2O3. The summed E-state index contributed by atoms with van der Waals surface area (Å²) in [6, 6.07) is 16.3. The molecule has 0 saturated carbocycles. The summed E-state index contributed by atoms with van der Waals surface area (Å²) in [5, 5.41) is 3.25. The number of carbonyl (C=O) groups is 1. The predicted octanol–water partition coefficient (Wildman–Crippen LogP) is 3.54. The van der Waals surface area contributed by atoms with Crippen LogP contribution in [0.4, 0.5) is 0 Å². The topological polar surface area (TPSA) is 50.8 Å². The SMILES string of the molecule is O=C(NCC1CCN(C2CCOC2)CC1)C1c2ccccc2Oc2ccccc21. The van der Waals surface area contributed by atoms with Crippen molar-refractivity contribution < 1.29 is 14.3 Å². The van der Waals surface area contributed by atoms with Crippen molar-refractivity contribution >= 4 is 5.91 Å². The van der Waals surface area contributed by atoms with E-state index in [0.717, 1.165) is 74.7 Å². The van der Waals surface area contributed by atoms with Gasteiger partial charge in [-0.15, -0.1) is 0 Å². The van der Waals surface area contributed by atoms with E-state index >= 15 is 0 Å². The van der Waals surface area contributed by atoms with Crippen LogP contribution in [0, 0.1) is 5.92 Å². The van der Waals surface area contributed by atoms with Crippen LogP contribution >= 0.6 is 0 Å². The summed E-state index contributed by atoms with van der Waals surface area (Å²) >= 11 is 0. The monoisotopic (exact) mass is 392 g/mol. The molecule has 3 aliphatic rings. The van der Waals surface area contributed by atoms with E-state index in [4.69, 9.17) is 9.47 Å². The largest absolute Gasteiger partial charge is 0.457 e. The smallest absolute Gasteiger partial charge is 0.232 e. The summed E-state index contributed by atoms with van der Waals surface area (Å²) in [6.45, 7) is 4.74. The van der Waals surface area contributed by atoms with Gasteiger partial charge in [0.1, 0.15) is 11.5 Å². The van der Waals surface area contributed by atoms with Gasteiger partial charge in [-0.1, -0.05) is 36.4 Å². The van der Waals surface area contributed by atoms with Crippen LogP contribution in [0.25, 0.3) is 0 Å². The lowest BCUT2D eigenvalue weighted by atomic mass is 9.87. The second-order valence-corrected chi connectivity index (χ2v) is 8.35. The lowest BCUT2D eigenvalue weighted by Crippen LogP contribution is -2.44. The van der Waals surface area contributed by atoms with E-state index in [9.17, 15) is 4.79 Å². The van der Waals surface area contributed by atoms with E-state index in [2.05, 4.69) is 10.2 Å². The van der Waals surface area contributed by atoms with Crippen LogP contribution < -0.4 is 10.1 Å². The Hall–Kier alpha value is -2.37. The molecule has 2 saturated heterocycles. The van der Waals surface area contributed by atoms with Gasteiger partial charge in [-0.3, -0.25) is 9.69 Å². The summed E-state index contributed by atoms with van der Waals surface area (Å²) < 4.78 is 11.5. The van der Waals surface area contributed by atoms with Crippen LogP contribution in [0.1, 0.15) is 36.3 Å². The van der Waals surface area contributed by atoms with Crippen LogP contribution in [-0.4, -0.2) is 49.7 Å². The van der Waals surface area contributed by atoms with Gasteiger partial charge in [-0.05, 0) is 50.4 Å². The molecule has 1 atom stereocenters. The van der Waals surface area contributed by atoms with Gasteiger partial charge >= 0.3 is 0 Å². The molecule has 1 amide bonds. The Balaban J connectivity index is 1.24. The Morgan fingerprint density at radius 3 is 2.24 bits per heavy atom. The molecule has 2 aromatic rings. The quantitative estimate of drug-likeness (QED) is 0.865. The van der Waals surface area contributed by atoms with E-state index in [1.54, 1.807) is 0 Å². The summed E-state index contributed by atoms with van der Waals surface area (Å²) in [4.78, 5) is 15.8. The molecule has 0 aliphatic carbocycles. The van der Waals surface area contributed by atoms with E-state index < -0.39 is 0 Å². The number of hydrogen-bond donors (Lipinski definition) is 1. The van der Waals surface area contributed by atoms with Gasteiger partial charge in [0, 0.05) is 30.3 Å². The van der Waals surface area contributed by atoms with Crippen molar-refractivity contribution in [2.75, 3.05) is 32.8 Å². The molecule has 0 aromatic heterocycles. The third-order valence-corrected chi connectivity index (χ3v) is 6.58. The highest BCUT2D eigenvalue weighted by atomic mass is 16.5. The van der Waals surface area contributed by atoms with Gasteiger partial charge in [0.25, 0.3) is 0 Å². The number of carbonyl (C=O) groups excluding carboxylic acids is 1. The molecule has 0 spiro atoms. The Morgan fingerprint density at radius 1 is 0.966 bits per heavy atom. The molecule has 29 heavy (non-hydrogen) atoms. The van der Waals surface area contributed by atoms with Gasteiger partial charge in [-0.2, -0.15) is 0 Å². The fourth-order valence-electron chi connectivity index (χ4n) is 4.87. The maximum absolute atomic E-state index is 13.2. The third kappa shape index (κ3) is 3.77. The van der Waals surface area contributed by atoms with E-state index in [1.807, 2.05) is 48.5 Å². The summed E-state index contributed by atoms with van der Waals surface area (Å²) in [5.74, 6) is 1.85. The average Bonchev–Trinajstić information content (AvgIpc) is 3.31. The van der Waals surface area contributed by atoms with Crippen molar-refractivity contribution in [3.8, 4) is 11.5 Å². The number of hydrogen-bond acceptors (Lipinski definition) is 4. The molecule has 2 fully saturated rings. The number of benzene rings is 2. The molecular weight excluding hydrogens is 364 g/mol. The number of rotatable bonds is 4. The lowest BCUT2D eigenvalue weighted by molar-refractivity contribution is -0.122. The number of fused-ring (bicyclic) bond motifs is 2. The molecule has 5 rings (SSSR count). The number of piperidine rings is 1. The normalized spacial score (nSPS) is 22.6. The Labute approximate surface area is 172 Å². The second kappa shape index (κ2) is 8.17. The zero-order valence-electron chi connectivity index (χ0n) is 16.7. The first-order chi connectivity index (χ1) is 14.3. The van der Waals surface area contributed by atoms with Crippen molar-refractivity contribution in [2.24, 2.45) is 5.92 Å². The summed E-state index contributed by atoms with van der Waals surface area (Å²) in [7, 11) is 0. The lowest BCUT2D eigenvalue weighted by Gasteiger charge is -2.35. The fraction of sp³-hybridized carbons (Fsp3) is 0.458. The molecule has 1 unspecified atom stereocenters. The summed E-state index contributed by atoms with van der Waals surface area (Å²) in [6.07, 6.45) is 3.43. The number of likely N-dealkylation sites (tertiary alicyclic amines) is 1. The van der Waals surface area contributed by atoms with Crippen LogP contribution in [0.3, 0.4) is 0 Å². The number of amides is 1. The Kier molecular flexibility index (Phi) is 5.25. The summed E-state index contributed by atoms with van der Waals surface area (Å²) in [5.41, 5.74) is 1.89. The van der Waals surface area contributed by atoms with Crippen LogP contribution in [-0.2, 0) is 9.53 Å². The van der Waals surface area contributed by atoms with E-state index in [1.165, 1.54) is 0 Å². The molecule has 2 aromatic carbocycles. The molecule has 0 bridgehead atoms.